The van der Waals surface area contributed by atoms with Gasteiger partial charge in [0, 0.05) is 18.9 Å². The predicted molar refractivity (Wildman–Crippen MR) is 95.0 cm³/mol. The second kappa shape index (κ2) is 7.71. The van der Waals surface area contributed by atoms with Crippen LogP contribution in [0, 0.1) is 0 Å². The number of hydrogen-bond acceptors (Lipinski definition) is 5. The van der Waals surface area contributed by atoms with Gasteiger partial charge in [0.2, 0.25) is 0 Å². The zero-order chi connectivity index (χ0) is 18.5. The molecular formula is C19H18N2O5. The molecule has 2 aromatic carbocycles. The molecule has 3 rings (SSSR count). The van der Waals surface area contributed by atoms with Crippen molar-refractivity contribution in [1.82, 2.24) is 5.32 Å². The minimum Gasteiger partial charge on any atom is -0.509 e. The van der Waals surface area contributed by atoms with Crippen LogP contribution in [-0.2, 0) is 14.3 Å². The minimum absolute atomic E-state index is 0.0781. The second-order valence-corrected chi connectivity index (χ2v) is 5.64. The molecule has 0 radical (unpaired) electrons. The van der Waals surface area contributed by atoms with Crippen molar-refractivity contribution in [3.8, 4) is 11.5 Å². The number of para-hydroxylation sites is 1. The number of carbonyl (C=O) groups excluding carboxylic acids is 2. The molecule has 0 aliphatic carbocycles. The second-order valence-electron chi connectivity index (χ2n) is 5.64. The van der Waals surface area contributed by atoms with Crippen molar-refractivity contribution in [2.24, 2.45) is 0 Å². The van der Waals surface area contributed by atoms with Crippen molar-refractivity contribution in [1.29, 1.82) is 0 Å². The first-order valence-corrected chi connectivity index (χ1v) is 7.95. The third kappa shape index (κ3) is 3.84. The zero-order valence-electron chi connectivity index (χ0n) is 14.1. The van der Waals surface area contributed by atoms with Crippen molar-refractivity contribution in [3.05, 3.63) is 65.9 Å². The minimum atomic E-state index is -0.721. The van der Waals surface area contributed by atoms with Crippen molar-refractivity contribution >= 4 is 17.5 Å². The molecule has 0 spiro atoms. The molecule has 7 nitrogen and oxygen atoms in total. The number of hydrogen-bond donors (Lipinski definition) is 3. The molecular weight excluding hydrogens is 336 g/mol. The fourth-order valence-electron chi connectivity index (χ4n) is 2.55. The van der Waals surface area contributed by atoms with E-state index in [0.29, 0.717) is 17.2 Å². The SMILES string of the molecule is COCC1NC(=O)C(C(=O)Nc2cccc(Oc3ccccc3)c2)=C1O. The summed E-state index contributed by atoms with van der Waals surface area (Å²) >= 11 is 0. The van der Waals surface area contributed by atoms with Crippen LogP contribution in [0.4, 0.5) is 5.69 Å². The van der Waals surface area contributed by atoms with Crippen LogP contribution in [0.5, 0.6) is 11.5 Å². The molecule has 1 atom stereocenters. The van der Waals surface area contributed by atoms with Gasteiger partial charge in [0.05, 0.1) is 6.61 Å². The summed E-state index contributed by atoms with van der Waals surface area (Å²) in [6.07, 6.45) is 0. The first kappa shape index (κ1) is 17.5. The monoisotopic (exact) mass is 354 g/mol. The Balaban J connectivity index is 1.74. The summed E-state index contributed by atoms with van der Waals surface area (Å²) in [6.45, 7) is 0.0781. The van der Waals surface area contributed by atoms with E-state index in [1.165, 1.54) is 7.11 Å². The van der Waals surface area contributed by atoms with E-state index < -0.39 is 17.9 Å². The van der Waals surface area contributed by atoms with Gasteiger partial charge in [0.25, 0.3) is 11.8 Å². The van der Waals surface area contributed by atoms with E-state index in [4.69, 9.17) is 9.47 Å². The lowest BCUT2D eigenvalue weighted by Crippen LogP contribution is -2.33. The highest BCUT2D eigenvalue weighted by Gasteiger charge is 2.36. The summed E-state index contributed by atoms with van der Waals surface area (Å²) in [6, 6.07) is 15.2. The van der Waals surface area contributed by atoms with E-state index in [1.807, 2.05) is 30.3 Å². The number of aliphatic hydroxyl groups is 1. The molecule has 3 N–H and O–H groups in total. The molecule has 1 aliphatic heterocycles. The van der Waals surface area contributed by atoms with Crippen molar-refractivity contribution in [3.63, 3.8) is 0 Å². The maximum Gasteiger partial charge on any atom is 0.264 e. The average Bonchev–Trinajstić information content (AvgIpc) is 2.90. The van der Waals surface area contributed by atoms with E-state index in [1.54, 1.807) is 24.3 Å². The molecule has 0 aromatic heterocycles. The van der Waals surface area contributed by atoms with E-state index in [2.05, 4.69) is 10.6 Å². The lowest BCUT2D eigenvalue weighted by Gasteiger charge is -2.09. The van der Waals surface area contributed by atoms with Gasteiger partial charge in [0.1, 0.15) is 28.9 Å². The Morgan fingerprint density at radius 3 is 2.62 bits per heavy atom. The number of anilines is 1. The summed E-state index contributed by atoms with van der Waals surface area (Å²) in [7, 11) is 1.44. The number of nitrogens with one attached hydrogen (secondary N) is 2. The van der Waals surface area contributed by atoms with E-state index in [-0.39, 0.29) is 17.9 Å². The number of ether oxygens (including phenoxy) is 2. The molecule has 7 heteroatoms. The predicted octanol–water partition coefficient (Wildman–Crippen LogP) is 2.37. The van der Waals surface area contributed by atoms with Crippen LogP contribution in [-0.4, -0.2) is 36.7 Å². The van der Waals surface area contributed by atoms with Crippen LogP contribution in [0.15, 0.2) is 65.9 Å². The van der Waals surface area contributed by atoms with Gasteiger partial charge in [-0.25, -0.2) is 0 Å². The van der Waals surface area contributed by atoms with Crippen LogP contribution in [0.1, 0.15) is 0 Å². The third-order valence-corrected chi connectivity index (χ3v) is 3.75. The van der Waals surface area contributed by atoms with Crippen molar-refractivity contribution in [2.75, 3.05) is 19.0 Å². The first-order chi connectivity index (χ1) is 12.6. The van der Waals surface area contributed by atoms with Gasteiger partial charge in [-0.15, -0.1) is 0 Å². The molecule has 134 valence electrons. The molecule has 1 unspecified atom stereocenters. The first-order valence-electron chi connectivity index (χ1n) is 7.95. The van der Waals surface area contributed by atoms with Crippen LogP contribution < -0.4 is 15.4 Å². The molecule has 0 saturated carbocycles. The maximum atomic E-state index is 12.4. The summed E-state index contributed by atoms with van der Waals surface area (Å²) in [5.41, 5.74) is 0.119. The molecule has 2 aromatic rings. The molecule has 1 heterocycles. The zero-order valence-corrected chi connectivity index (χ0v) is 14.1. The highest BCUT2D eigenvalue weighted by molar-refractivity contribution is 6.24. The standard InChI is InChI=1S/C19H18N2O5/c1-25-11-15-17(22)16(19(24)21-15)18(23)20-12-6-5-9-14(10-12)26-13-7-3-2-4-8-13/h2-10,15,22H,11H2,1H3,(H,20,23)(H,21,24). The van der Waals surface area contributed by atoms with E-state index >= 15 is 0 Å². The Kier molecular flexibility index (Phi) is 5.19. The van der Waals surface area contributed by atoms with Gasteiger partial charge < -0.3 is 25.2 Å². The fourth-order valence-corrected chi connectivity index (χ4v) is 2.55. The number of benzene rings is 2. The van der Waals surface area contributed by atoms with Gasteiger partial charge in [-0.05, 0) is 24.3 Å². The molecule has 26 heavy (non-hydrogen) atoms. The Morgan fingerprint density at radius 2 is 1.88 bits per heavy atom. The molecule has 0 fully saturated rings. The highest BCUT2D eigenvalue weighted by atomic mass is 16.5. The largest absolute Gasteiger partial charge is 0.509 e. The summed E-state index contributed by atoms with van der Waals surface area (Å²) in [5.74, 6) is -0.477. The fraction of sp³-hybridized carbons (Fsp3) is 0.158. The maximum absolute atomic E-state index is 12.4. The number of amides is 2. The summed E-state index contributed by atoms with van der Waals surface area (Å²) < 4.78 is 10.6. The molecule has 1 aliphatic rings. The average molecular weight is 354 g/mol. The summed E-state index contributed by atoms with van der Waals surface area (Å²) in [5, 5.41) is 15.2. The van der Waals surface area contributed by atoms with Gasteiger partial charge in [0.15, 0.2) is 0 Å². The number of aliphatic hydroxyl groups excluding tert-OH is 1. The Bertz CT molecular complexity index is 848. The smallest absolute Gasteiger partial charge is 0.264 e. The van der Waals surface area contributed by atoms with Crippen LogP contribution in [0.2, 0.25) is 0 Å². The van der Waals surface area contributed by atoms with Crippen LogP contribution >= 0.6 is 0 Å². The Labute approximate surface area is 150 Å². The van der Waals surface area contributed by atoms with Gasteiger partial charge in [-0.1, -0.05) is 24.3 Å². The van der Waals surface area contributed by atoms with Crippen LogP contribution in [0.3, 0.4) is 0 Å². The lowest BCUT2D eigenvalue weighted by molar-refractivity contribution is -0.121. The Hall–Kier alpha value is -3.32. The number of carbonyl (C=O) groups is 2. The number of methoxy groups -OCH3 is 1. The van der Waals surface area contributed by atoms with E-state index in [0.717, 1.165) is 0 Å². The molecule has 2 amide bonds. The highest BCUT2D eigenvalue weighted by Crippen LogP contribution is 2.25. The van der Waals surface area contributed by atoms with Crippen molar-refractivity contribution in [2.45, 2.75) is 6.04 Å². The van der Waals surface area contributed by atoms with Crippen molar-refractivity contribution < 1.29 is 24.2 Å². The lowest BCUT2D eigenvalue weighted by atomic mass is 10.2. The summed E-state index contributed by atoms with van der Waals surface area (Å²) in [4.78, 5) is 24.3. The third-order valence-electron chi connectivity index (χ3n) is 3.75. The van der Waals surface area contributed by atoms with E-state index in [9.17, 15) is 14.7 Å². The van der Waals surface area contributed by atoms with Gasteiger partial charge in [-0.2, -0.15) is 0 Å². The topological polar surface area (TPSA) is 96.9 Å². The van der Waals surface area contributed by atoms with Gasteiger partial charge in [-0.3, -0.25) is 9.59 Å². The normalized spacial score (nSPS) is 16.3. The number of rotatable bonds is 6. The molecule has 0 saturated heterocycles. The van der Waals surface area contributed by atoms with Gasteiger partial charge >= 0.3 is 0 Å². The van der Waals surface area contributed by atoms with Crippen LogP contribution in [0.25, 0.3) is 0 Å². The quantitative estimate of drug-likeness (QED) is 0.692. The molecule has 0 bridgehead atoms. The Morgan fingerprint density at radius 1 is 1.15 bits per heavy atom.